The Balaban J connectivity index is 1.49. The Bertz CT molecular complexity index is 1620. The number of aromatic nitrogens is 5. The third kappa shape index (κ3) is 4.92. The number of hydrogen-bond acceptors (Lipinski definition) is 9. The second kappa shape index (κ2) is 10.8. The zero-order chi connectivity index (χ0) is 28.4. The SMILES string of the molecule is CNC(=O)OCc1nc(N(C)C(C)C)cc2c1CN(c1cccc(-c3nncn3-c3ccc(C#N)cc3)n1)C2=O. The average Bonchev–Trinajstić information content (AvgIpc) is 3.60. The number of anilines is 2. The van der Waals surface area contributed by atoms with Crippen molar-refractivity contribution >= 4 is 23.6 Å². The molecule has 1 aromatic carbocycles. The number of pyridine rings is 2. The minimum atomic E-state index is -0.583. The molecule has 12 heteroatoms. The lowest BCUT2D eigenvalue weighted by Crippen LogP contribution is -2.27. The third-order valence-corrected chi connectivity index (χ3v) is 6.73. The fraction of sp³-hybridized carbons (Fsp3) is 0.250. The maximum Gasteiger partial charge on any atom is 0.407 e. The number of alkyl carbamates (subject to hydrolysis) is 1. The summed E-state index contributed by atoms with van der Waals surface area (Å²) in [5.41, 5.74) is 3.51. The van der Waals surface area contributed by atoms with Gasteiger partial charge in [-0.05, 0) is 56.3 Å². The molecule has 2 amide bonds. The summed E-state index contributed by atoms with van der Waals surface area (Å²) in [5.74, 6) is 1.30. The quantitative estimate of drug-likeness (QED) is 0.375. The Morgan fingerprint density at radius 1 is 1.20 bits per heavy atom. The van der Waals surface area contributed by atoms with Gasteiger partial charge in [-0.3, -0.25) is 14.3 Å². The van der Waals surface area contributed by atoms with Crippen molar-refractivity contribution in [1.82, 2.24) is 30.0 Å². The lowest BCUT2D eigenvalue weighted by Gasteiger charge is -2.23. The first-order valence-corrected chi connectivity index (χ1v) is 12.6. The van der Waals surface area contributed by atoms with Gasteiger partial charge in [0.1, 0.15) is 30.3 Å². The summed E-state index contributed by atoms with van der Waals surface area (Å²) < 4.78 is 7.06. The maximum absolute atomic E-state index is 13.7. The van der Waals surface area contributed by atoms with E-state index in [1.165, 1.54) is 7.05 Å². The predicted octanol–water partition coefficient (Wildman–Crippen LogP) is 3.46. The van der Waals surface area contributed by atoms with Crippen LogP contribution in [0.2, 0.25) is 0 Å². The standard InChI is InChI=1S/C28H27N9O3/c1-17(2)35(4)25-12-20-21(23(33-25)15-40-28(39)30-3)14-36(27(20)38)24-7-5-6-22(32-24)26-34-31-16-37(26)19-10-8-18(13-29)9-11-19/h5-12,16-17H,14-15H2,1-4H3,(H,30,39). The van der Waals surface area contributed by atoms with Gasteiger partial charge >= 0.3 is 6.09 Å². The van der Waals surface area contributed by atoms with Crippen LogP contribution in [0.4, 0.5) is 16.4 Å². The van der Waals surface area contributed by atoms with Crippen molar-refractivity contribution in [1.29, 1.82) is 5.26 Å². The molecule has 1 aliphatic heterocycles. The number of carbonyl (C=O) groups excluding carboxylic acids is 2. The van der Waals surface area contributed by atoms with Crippen LogP contribution < -0.4 is 15.1 Å². The summed E-state index contributed by atoms with van der Waals surface area (Å²) in [6, 6.07) is 16.4. The van der Waals surface area contributed by atoms with Crippen LogP contribution in [0.25, 0.3) is 17.2 Å². The highest BCUT2D eigenvalue weighted by atomic mass is 16.5. The van der Waals surface area contributed by atoms with Crippen molar-refractivity contribution in [3.63, 3.8) is 0 Å². The van der Waals surface area contributed by atoms with Crippen molar-refractivity contribution < 1.29 is 14.3 Å². The van der Waals surface area contributed by atoms with Gasteiger partial charge in [0, 0.05) is 31.4 Å². The van der Waals surface area contributed by atoms with Crippen LogP contribution in [0.5, 0.6) is 0 Å². The first-order chi connectivity index (χ1) is 19.3. The predicted molar refractivity (Wildman–Crippen MR) is 147 cm³/mol. The van der Waals surface area contributed by atoms with E-state index in [0.717, 1.165) is 5.69 Å². The van der Waals surface area contributed by atoms with Crippen molar-refractivity contribution in [2.75, 3.05) is 23.9 Å². The van der Waals surface area contributed by atoms with Crippen LogP contribution in [-0.4, -0.2) is 56.9 Å². The summed E-state index contributed by atoms with van der Waals surface area (Å²) in [4.78, 5) is 38.5. The normalized spacial score (nSPS) is 12.3. The molecule has 202 valence electrons. The zero-order valence-electron chi connectivity index (χ0n) is 22.5. The van der Waals surface area contributed by atoms with Gasteiger partial charge in [0.05, 0.1) is 29.4 Å². The van der Waals surface area contributed by atoms with Gasteiger partial charge in [-0.25, -0.2) is 14.8 Å². The number of nitriles is 1. The summed E-state index contributed by atoms with van der Waals surface area (Å²) in [6.07, 6.45) is 0.985. The Kier molecular flexibility index (Phi) is 7.11. The Hall–Kier alpha value is -5.31. The van der Waals surface area contributed by atoms with Crippen molar-refractivity contribution in [3.8, 4) is 23.3 Å². The summed E-state index contributed by atoms with van der Waals surface area (Å²) >= 11 is 0. The van der Waals surface area contributed by atoms with Crippen LogP contribution in [0.1, 0.15) is 41.0 Å². The summed E-state index contributed by atoms with van der Waals surface area (Å²) in [6.45, 7) is 4.19. The first-order valence-electron chi connectivity index (χ1n) is 12.6. The minimum absolute atomic E-state index is 0.0793. The minimum Gasteiger partial charge on any atom is -0.443 e. The number of benzene rings is 1. The molecule has 0 radical (unpaired) electrons. The van der Waals surface area contributed by atoms with E-state index in [1.807, 2.05) is 25.8 Å². The molecule has 12 nitrogen and oxygen atoms in total. The van der Waals surface area contributed by atoms with E-state index < -0.39 is 6.09 Å². The largest absolute Gasteiger partial charge is 0.443 e. The van der Waals surface area contributed by atoms with Crippen LogP contribution in [0.15, 0.2) is 54.9 Å². The molecular weight excluding hydrogens is 510 g/mol. The molecule has 0 fully saturated rings. The molecular formula is C28H27N9O3. The number of rotatable bonds is 7. The highest BCUT2D eigenvalue weighted by Crippen LogP contribution is 2.33. The lowest BCUT2D eigenvalue weighted by atomic mass is 10.1. The van der Waals surface area contributed by atoms with Gasteiger partial charge in [0.25, 0.3) is 5.91 Å². The Labute approximate surface area is 230 Å². The topological polar surface area (TPSA) is 142 Å². The molecule has 40 heavy (non-hydrogen) atoms. The van der Waals surface area contributed by atoms with E-state index in [4.69, 9.17) is 20.0 Å². The summed E-state index contributed by atoms with van der Waals surface area (Å²) in [5, 5.41) is 19.8. The van der Waals surface area contributed by atoms with Crippen LogP contribution >= 0.6 is 0 Å². The van der Waals surface area contributed by atoms with E-state index in [-0.39, 0.29) is 25.1 Å². The lowest BCUT2D eigenvalue weighted by molar-refractivity contribution is 0.0996. The maximum atomic E-state index is 13.7. The number of amides is 2. The van der Waals surface area contributed by atoms with Gasteiger partial charge in [-0.2, -0.15) is 5.26 Å². The molecule has 0 atom stereocenters. The van der Waals surface area contributed by atoms with E-state index in [2.05, 4.69) is 21.6 Å². The summed E-state index contributed by atoms with van der Waals surface area (Å²) in [7, 11) is 3.38. The number of hydrogen-bond donors (Lipinski definition) is 1. The van der Waals surface area contributed by atoms with Crippen LogP contribution in [0, 0.1) is 11.3 Å². The molecule has 0 spiro atoms. The first kappa shape index (κ1) is 26.3. The molecule has 1 N–H and O–H groups in total. The van der Waals surface area contributed by atoms with E-state index >= 15 is 0 Å². The molecule has 4 aromatic rings. The van der Waals surface area contributed by atoms with E-state index in [0.29, 0.717) is 45.5 Å². The fourth-order valence-electron chi connectivity index (χ4n) is 4.30. The number of nitrogens with one attached hydrogen (secondary N) is 1. The molecule has 0 unspecified atom stereocenters. The van der Waals surface area contributed by atoms with Crippen molar-refractivity contribution in [3.05, 3.63) is 77.2 Å². The molecule has 0 saturated heterocycles. The molecule has 0 saturated carbocycles. The monoisotopic (exact) mass is 537 g/mol. The van der Waals surface area contributed by atoms with Gasteiger partial charge in [0.2, 0.25) is 0 Å². The highest BCUT2D eigenvalue weighted by molar-refractivity contribution is 6.10. The highest BCUT2D eigenvalue weighted by Gasteiger charge is 2.34. The van der Waals surface area contributed by atoms with Gasteiger partial charge in [-0.1, -0.05) is 6.07 Å². The third-order valence-electron chi connectivity index (χ3n) is 6.73. The number of nitrogens with zero attached hydrogens (tertiary/aromatic N) is 8. The Morgan fingerprint density at radius 2 is 1.98 bits per heavy atom. The second-order valence-corrected chi connectivity index (χ2v) is 9.44. The number of ether oxygens (including phenoxy) is 1. The van der Waals surface area contributed by atoms with Crippen molar-refractivity contribution in [2.24, 2.45) is 0 Å². The number of fused-ring (bicyclic) bond motifs is 1. The number of carbonyl (C=O) groups is 2. The molecule has 5 rings (SSSR count). The van der Waals surface area contributed by atoms with Crippen LogP contribution in [0.3, 0.4) is 0 Å². The smallest absolute Gasteiger partial charge is 0.407 e. The molecule has 3 aromatic heterocycles. The van der Waals surface area contributed by atoms with E-state index in [9.17, 15) is 9.59 Å². The Morgan fingerprint density at radius 3 is 2.67 bits per heavy atom. The molecule has 4 heterocycles. The molecule has 1 aliphatic rings. The molecule has 0 aliphatic carbocycles. The second-order valence-electron chi connectivity index (χ2n) is 9.44. The fourth-order valence-corrected chi connectivity index (χ4v) is 4.30. The molecule has 0 bridgehead atoms. The van der Waals surface area contributed by atoms with Gasteiger partial charge in [0.15, 0.2) is 5.82 Å². The van der Waals surface area contributed by atoms with Gasteiger partial charge in [-0.15, -0.1) is 10.2 Å². The van der Waals surface area contributed by atoms with Crippen molar-refractivity contribution in [2.45, 2.75) is 33.0 Å². The average molecular weight is 538 g/mol. The zero-order valence-corrected chi connectivity index (χ0v) is 22.5. The van der Waals surface area contributed by atoms with Gasteiger partial charge < -0.3 is 15.0 Å². The van der Waals surface area contributed by atoms with Crippen LogP contribution in [-0.2, 0) is 17.9 Å². The van der Waals surface area contributed by atoms with E-state index in [1.54, 1.807) is 64.3 Å².